The van der Waals surface area contributed by atoms with Crippen molar-refractivity contribution in [3.8, 4) is 0 Å². The van der Waals surface area contributed by atoms with Gasteiger partial charge in [0.25, 0.3) is 5.69 Å². The molecule has 11 heteroatoms. The van der Waals surface area contributed by atoms with Gasteiger partial charge in [0, 0.05) is 38.3 Å². The first-order valence-corrected chi connectivity index (χ1v) is 9.61. The van der Waals surface area contributed by atoms with Gasteiger partial charge >= 0.3 is 0 Å². The molecule has 2 rings (SSSR count). The fourth-order valence-electron chi connectivity index (χ4n) is 2.13. The van der Waals surface area contributed by atoms with Gasteiger partial charge in [-0.25, -0.2) is 16.8 Å². The Morgan fingerprint density at radius 3 is 1.82 bits per heavy atom. The van der Waals surface area contributed by atoms with Gasteiger partial charge in [-0.15, -0.1) is 0 Å². The molecule has 1 saturated heterocycles. The van der Waals surface area contributed by atoms with Crippen molar-refractivity contribution in [1.82, 2.24) is 8.61 Å². The number of nitro benzene ring substituents is 1. The van der Waals surface area contributed by atoms with Gasteiger partial charge in [-0.1, -0.05) is 0 Å². The SMILES string of the molecule is CS(=O)(=O)N1CCN(S(=O)(=O)c2ccc([N+](=O)[O-])cc2)CC1. The van der Waals surface area contributed by atoms with Crippen molar-refractivity contribution >= 4 is 25.7 Å². The topological polar surface area (TPSA) is 118 Å². The predicted molar refractivity (Wildman–Crippen MR) is 78.3 cm³/mol. The van der Waals surface area contributed by atoms with Gasteiger partial charge in [0.15, 0.2) is 0 Å². The molecule has 9 nitrogen and oxygen atoms in total. The second-order valence-electron chi connectivity index (χ2n) is 4.82. The normalized spacial score (nSPS) is 18.2. The molecule has 0 unspecified atom stereocenters. The number of hydrogen-bond donors (Lipinski definition) is 0. The van der Waals surface area contributed by atoms with Crippen molar-refractivity contribution in [3.63, 3.8) is 0 Å². The van der Waals surface area contributed by atoms with Gasteiger partial charge in [0.1, 0.15) is 0 Å². The number of non-ortho nitro benzene ring substituents is 1. The number of nitro groups is 1. The van der Waals surface area contributed by atoms with Crippen molar-refractivity contribution in [2.45, 2.75) is 4.90 Å². The van der Waals surface area contributed by atoms with E-state index in [1.54, 1.807) is 0 Å². The zero-order valence-corrected chi connectivity index (χ0v) is 13.4. The molecule has 1 aliphatic rings. The molecule has 0 saturated carbocycles. The Balaban J connectivity index is 2.16. The largest absolute Gasteiger partial charge is 0.269 e. The van der Waals surface area contributed by atoms with Crippen LogP contribution in [0.5, 0.6) is 0 Å². The lowest BCUT2D eigenvalue weighted by Gasteiger charge is -2.32. The molecule has 0 radical (unpaired) electrons. The molecule has 1 heterocycles. The lowest BCUT2D eigenvalue weighted by atomic mass is 10.3. The third-order valence-electron chi connectivity index (χ3n) is 3.35. The third kappa shape index (κ3) is 3.43. The summed E-state index contributed by atoms with van der Waals surface area (Å²) in [6.45, 7) is 0.273. The van der Waals surface area contributed by atoms with Crippen LogP contribution < -0.4 is 0 Å². The first-order chi connectivity index (χ1) is 10.1. The molecule has 0 aliphatic carbocycles. The maximum absolute atomic E-state index is 12.4. The standard InChI is InChI=1S/C11H15N3O6S2/c1-21(17,18)12-6-8-13(9-7-12)22(19,20)11-4-2-10(3-5-11)14(15)16/h2-5H,6-9H2,1H3. The van der Waals surface area contributed by atoms with E-state index in [4.69, 9.17) is 0 Å². The Labute approximate surface area is 128 Å². The minimum absolute atomic E-state index is 0.0480. The van der Waals surface area contributed by atoms with Crippen LogP contribution in [-0.4, -0.2) is 62.8 Å². The van der Waals surface area contributed by atoms with Crippen LogP contribution in [0.4, 0.5) is 5.69 Å². The molecule has 0 aromatic heterocycles. The average molecular weight is 349 g/mol. The van der Waals surface area contributed by atoms with Crippen molar-refractivity contribution in [2.75, 3.05) is 32.4 Å². The quantitative estimate of drug-likeness (QED) is 0.551. The van der Waals surface area contributed by atoms with Gasteiger partial charge in [-0.05, 0) is 12.1 Å². The molecule has 1 aromatic rings. The molecular formula is C11H15N3O6S2. The van der Waals surface area contributed by atoms with E-state index in [1.807, 2.05) is 0 Å². The molecule has 0 atom stereocenters. The second kappa shape index (κ2) is 5.91. The van der Waals surface area contributed by atoms with E-state index in [0.717, 1.165) is 18.4 Å². The second-order valence-corrected chi connectivity index (χ2v) is 8.74. The van der Waals surface area contributed by atoms with Crippen LogP contribution in [0.2, 0.25) is 0 Å². The fourth-order valence-corrected chi connectivity index (χ4v) is 4.38. The van der Waals surface area contributed by atoms with Crippen LogP contribution in [0.15, 0.2) is 29.2 Å². The van der Waals surface area contributed by atoms with E-state index in [1.165, 1.54) is 20.7 Å². The zero-order chi connectivity index (χ0) is 16.5. The van der Waals surface area contributed by atoms with E-state index < -0.39 is 25.0 Å². The molecular weight excluding hydrogens is 334 g/mol. The number of piperazine rings is 1. The highest BCUT2D eigenvalue weighted by atomic mass is 32.2. The third-order valence-corrected chi connectivity index (χ3v) is 6.57. The predicted octanol–water partition coefficient (Wildman–Crippen LogP) is -0.139. The highest BCUT2D eigenvalue weighted by Gasteiger charge is 2.31. The maximum Gasteiger partial charge on any atom is 0.269 e. The summed E-state index contributed by atoms with van der Waals surface area (Å²) in [7, 11) is -7.12. The van der Waals surface area contributed by atoms with E-state index in [0.29, 0.717) is 0 Å². The van der Waals surface area contributed by atoms with Gasteiger partial charge < -0.3 is 0 Å². The first-order valence-electron chi connectivity index (χ1n) is 6.32. The van der Waals surface area contributed by atoms with Gasteiger partial charge in [-0.3, -0.25) is 10.1 Å². The minimum atomic E-state index is -3.78. The summed E-state index contributed by atoms with van der Waals surface area (Å²) in [5.74, 6) is 0. The van der Waals surface area contributed by atoms with Gasteiger partial charge in [-0.2, -0.15) is 8.61 Å². The van der Waals surface area contributed by atoms with Crippen LogP contribution in [0, 0.1) is 10.1 Å². The molecule has 22 heavy (non-hydrogen) atoms. The summed E-state index contributed by atoms with van der Waals surface area (Å²) in [5.41, 5.74) is -0.194. The van der Waals surface area contributed by atoms with Crippen LogP contribution in [0.1, 0.15) is 0 Å². The molecule has 1 fully saturated rings. The summed E-state index contributed by atoms with van der Waals surface area (Å²) in [6, 6.07) is 4.60. The number of hydrogen-bond acceptors (Lipinski definition) is 6. The number of rotatable bonds is 4. The van der Waals surface area contributed by atoms with E-state index in [2.05, 4.69) is 0 Å². The Morgan fingerprint density at radius 2 is 1.41 bits per heavy atom. The van der Waals surface area contributed by atoms with E-state index in [9.17, 15) is 26.9 Å². The molecule has 0 amide bonds. The summed E-state index contributed by atoms with van der Waals surface area (Å²) in [4.78, 5) is 9.92. The maximum atomic E-state index is 12.4. The summed E-state index contributed by atoms with van der Waals surface area (Å²) >= 11 is 0. The molecule has 0 bridgehead atoms. The van der Waals surface area contributed by atoms with E-state index in [-0.39, 0.29) is 36.8 Å². The first kappa shape index (κ1) is 16.8. The smallest absolute Gasteiger partial charge is 0.258 e. The summed E-state index contributed by atoms with van der Waals surface area (Å²) in [6.07, 6.45) is 1.08. The van der Waals surface area contributed by atoms with Crippen molar-refractivity contribution in [2.24, 2.45) is 0 Å². The Morgan fingerprint density at radius 1 is 0.955 bits per heavy atom. The van der Waals surface area contributed by atoms with Gasteiger partial charge in [0.2, 0.25) is 20.0 Å². The lowest BCUT2D eigenvalue weighted by Crippen LogP contribution is -2.50. The minimum Gasteiger partial charge on any atom is -0.258 e. The van der Waals surface area contributed by atoms with Crippen molar-refractivity contribution < 1.29 is 21.8 Å². The number of sulfonamides is 2. The monoisotopic (exact) mass is 349 g/mol. The molecule has 0 spiro atoms. The molecule has 1 aromatic carbocycles. The van der Waals surface area contributed by atoms with Crippen molar-refractivity contribution in [3.05, 3.63) is 34.4 Å². The molecule has 122 valence electrons. The van der Waals surface area contributed by atoms with Crippen LogP contribution in [0.3, 0.4) is 0 Å². The highest BCUT2D eigenvalue weighted by Crippen LogP contribution is 2.21. The fraction of sp³-hybridized carbons (Fsp3) is 0.455. The molecule has 1 aliphatic heterocycles. The Kier molecular flexibility index (Phi) is 4.52. The summed E-state index contributed by atoms with van der Waals surface area (Å²) < 4.78 is 50.0. The average Bonchev–Trinajstić information content (AvgIpc) is 2.46. The highest BCUT2D eigenvalue weighted by molar-refractivity contribution is 7.89. The van der Waals surface area contributed by atoms with Crippen LogP contribution in [-0.2, 0) is 20.0 Å². The Bertz CT molecular complexity index is 765. The molecule has 0 N–H and O–H groups in total. The zero-order valence-electron chi connectivity index (χ0n) is 11.7. The van der Waals surface area contributed by atoms with Crippen molar-refractivity contribution in [1.29, 1.82) is 0 Å². The number of nitrogens with zero attached hydrogens (tertiary/aromatic N) is 3. The number of benzene rings is 1. The summed E-state index contributed by atoms with van der Waals surface area (Å²) in [5, 5.41) is 10.6. The lowest BCUT2D eigenvalue weighted by molar-refractivity contribution is -0.384. The van der Waals surface area contributed by atoms with Crippen LogP contribution >= 0.6 is 0 Å². The van der Waals surface area contributed by atoms with Gasteiger partial charge in [0.05, 0.1) is 16.1 Å². The Hall–Kier alpha value is -1.56. The van der Waals surface area contributed by atoms with Crippen LogP contribution in [0.25, 0.3) is 0 Å². The van der Waals surface area contributed by atoms with E-state index >= 15 is 0 Å².